The molecular weight excluding hydrogens is 422 g/mol. The average Bonchev–Trinajstić information content (AvgIpc) is 2.74. The fraction of sp³-hybridized carbons (Fsp3) is 0.381. The number of rotatable bonds is 10. The molecule has 0 saturated carbocycles. The molecule has 0 unspecified atom stereocenters. The van der Waals surface area contributed by atoms with Crippen LogP contribution in [0.25, 0.3) is 0 Å². The van der Waals surface area contributed by atoms with E-state index in [0.717, 1.165) is 0 Å². The van der Waals surface area contributed by atoms with Crippen LogP contribution in [0.1, 0.15) is 36.7 Å². The van der Waals surface area contributed by atoms with Gasteiger partial charge in [0.25, 0.3) is 5.91 Å². The Bertz CT molecular complexity index is 1040. The number of anilines is 1. The third-order valence-electron chi connectivity index (χ3n) is 4.40. The van der Waals surface area contributed by atoms with Gasteiger partial charge in [-0.15, -0.1) is 0 Å². The number of ether oxygens (including phenoxy) is 2. The molecule has 0 spiro atoms. The topological polar surface area (TPSA) is 115 Å². The van der Waals surface area contributed by atoms with E-state index >= 15 is 0 Å². The molecule has 1 N–H and O–H groups in total. The lowest BCUT2D eigenvalue weighted by atomic mass is 10.2. The highest BCUT2D eigenvalue weighted by molar-refractivity contribution is 7.89. The molecule has 31 heavy (non-hydrogen) atoms. The van der Waals surface area contributed by atoms with Crippen LogP contribution in [0.15, 0.2) is 41.4 Å². The van der Waals surface area contributed by atoms with Gasteiger partial charge in [-0.2, -0.15) is 4.31 Å². The molecule has 10 heteroatoms. The molecule has 0 aliphatic heterocycles. The summed E-state index contributed by atoms with van der Waals surface area (Å²) in [5.74, 6) is -1.23. The Kier molecular flexibility index (Phi) is 8.52. The minimum Gasteiger partial charge on any atom is -0.477 e. The monoisotopic (exact) mass is 449 g/mol. The van der Waals surface area contributed by atoms with Crippen molar-refractivity contribution in [2.24, 2.45) is 0 Å². The van der Waals surface area contributed by atoms with Gasteiger partial charge in [0.1, 0.15) is 5.56 Å². The van der Waals surface area contributed by atoms with Gasteiger partial charge in [-0.25, -0.2) is 18.2 Å². The largest absolute Gasteiger partial charge is 0.477 e. The van der Waals surface area contributed by atoms with Crippen molar-refractivity contribution in [3.8, 4) is 5.88 Å². The molecule has 9 nitrogen and oxygen atoms in total. The summed E-state index contributed by atoms with van der Waals surface area (Å²) in [5, 5.41) is 2.56. The van der Waals surface area contributed by atoms with E-state index in [0.29, 0.717) is 25.3 Å². The lowest BCUT2D eigenvalue weighted by molar-refractivity contribution is -0.119. The second kappa shape index (κ2) is 10.9. The molecule has 1 aromatic heterocycles. The number of carbonyl (C=O) groups excluding carboxylic acids is 2. The number of nitrogens with one attached hydrogen (secondary N) is 1. The standard InChI is InChI=1S/C21H27N3O6S/c1-5-24(6-2)31(27,28)18-13-16(11-10-15(18)4)23-19(25)14-30-21(26)17-9-8-12-22-20(17)29-7-3/h8-13H,5-7,14H2,1-4H3,(H,23,25). The summed E-state index contributed by atoms with van der Waals surface area (Å²) in [7, 11) is -3.69. The predicted octanol–water partition coefficient (Wildman–Crippen LogP) is 2.61. The molecule has 0 atom stereocenters. The lowest BCUT2D eigenvalue weighted by Gasteiger charge is -2.20. The number of nitrogens with zero attached hydrogens (tertiary/aromatic N) is 2. The van der Waals surface area contributed by atoms with Crippen molar-refractivity contribution in [2.75, 3.05) is 31.6 Å². The fourth-order valence-corrected chi connectivity index (χ4v) is 4.57. The number of benzene rings is 1. The van der Waals surface area contributed by atoms with Gasteiger partial charge in [-0.3, -0.25) is 4.79 Å². The molecule has 0 radical (unpaired) electrons. The molecule has 168 valence electrons. The smallest absolute Gasteiger partial charge is 0.344 e. The Balaban J connectivity index is 2.09. The van der Waals surface area contributed by atoms with Gasteiger partial charge in [-0.1, -0.05) is 19.9 Å². The second-order valence-corrected chi connectivity index (χ2v) is 8.39. The molecule has 1 amide bonds. The number of sulfonamides is 1. The predicted molar refractivity (Wildman–Crippen MR) is 116 cm³/mol. The first-order valence-electron chi connectivity index (χ1n) is 9.90. The van der Waals surface area contributed by atoms with E-state index < -0.39 is 28.5 Å². The Hall–Kier alpha value is -2.98. The van der Waals surface area contributed by atoms with E-state index in [1.807, 2.05) is 0 Å². The van der Waals surface area contributed by atoms with Crippen LogP contribution in [0.4, 0.5) is 5.69 Å². The van der Waals surface area contributed by atoms with Crippen molar-refractivity contribution in [1.82, 2.24) is 9.29 Å². The summed E-state index contributed by atoms with van der Waals surface area (Å²) in [6.07, 6.45) is 1.48. The van der Waals surface area contributed by atoms with Crippen molar-refractivity contribution in [3.05, 3.63) is 47.7 Å². The minimum absolute atomic E-state index is 0.111. The fourth-order valence-electron chi connectivity index (χ4n) is 2.86. The zero-order valence-corrected chi connectivity index (χ0v) is 18.9. The first-order chi connectivity index (χ1) is 14.7. The molecule has 0 bridgehead atoms. The summed E-state index contributed by atoms with van der Waals surface area (Å²) in [5.41, 5.74) is 0.963. The zero-order valence-electron chi connectivity index (χ0n) is 18.0. The first-order valence-corrected chi connectivity index (χ1v) is 11.3. The number of hydrogen-bond donors (Lipinski definition) is 1. The van der Waals surface area contributed by atoms with Crippen LogP contribution in [-0.4, -0.2) is 55.9 Å². The first kappa shape index (κ1) is 24.3. The second-order valence-electron chi connectivity index (χ2n) is 6.48. The Morgan fingerprint density at radius 3 is 2.48 bits per heavy atom. The van der Waals surface area contributed by atoms with Crippen LogP contribution in [0.2, 0.25) is 0 Å². The van der Waals surface area contributed by atoms with Crippen LogP contribution < -0.4 is 10.1 Å². The third-order valence-corrected chi connectivity index (χ3v) is 6.59. The molecule has 2 aromatic rings. The minimum atomic E-state index is -3.69. The molecule has 1 heterocycles. The quantitative estimate of drug-likeness (QED) is 0.555. The van der Waals surface area contributed by atoms with Gasteiger partial charge < -0.3 is 14.8 Å². The number of carbonyl (C=O) groups is 2. The molecule has 1 aromatic carbocycles. The Labute approximate surface area is 182 Å². The maximum Gasteiger partial charge on any atom is 0.344 e. The van der Waals surface area contributed by atoms with E-state index in [9.17, 15) is 18.0 Å². The highest BCUT2D eigenvalue weighted by Crippen LogP contribution is 2.23. The molecule has 0 fully saturated rings. The van der Waals surface area contributed by atoms with E-state index in [2.05, 4.69) is 10.3 Å². The number of esters is 1. The maximum absolute atomic E-state index is 12.8. The van der Waals surface area contributed by atoms with Crippen LogP contribution >= 0.6 is 0 Å². The molecule has 0 aliphatic rings. The molecule has 2 rings (SSSR count). The van der Waals surface area contributed by atoms with Crippen molar-refractivity contribution in [2.45, 2.75) is 32.6 Å². The van der Waals surface area contributed by atoms with Crippen LogP contribution in [0.3, 0.4) is 0 Å². The van der Waals surface area contributed by atoms with Crippen molar-refractivity contribution >= 4 is 27.6 Å². The summed E-state index contributed by atoms with van der Waals surface area (Å²) in [4.78, 5) is 28.6. The van der Waals surface area contributed by atoms with E-state index in [4.69, 9.17) is 9.47 Å². The van der Waals surface area contributed by atoms with Gasteiger partial charge in [0, 0.05) is 25.0 Å². The third kappa shape index (κ3) is 6.02. The van der Waals surface area contributed by atoms with Crippen molar-refractivity contribution in [3.63, 3.8) is 0 Å². The number of hydrogen-bond acceptors (Lipinski definition) is 7. The summed E-state index contributed by atoms with van der Waals surface area (Å²) >= 11 is 0. The lowest BCUT2D eigenvalue weighted by Crippen LogP contribution is -2.31. The van der Waals surface area contributed by atoms with Gasteiger partial charge in [0.15, 0.2) is 6.61 Å². The molecule has 0 aliphatic carbocycles. The number of aryl methyl sites for hydroxylation is 1. The number of pyridine rings is 1. The van der Waals surface area contributed by atoms with Gasteiger partial charge in [0.2, 0.25) is 15.9 Å². The van der Waals surface area contributed by atoms with Crippen LogP contribution in [0, 0.1) is 6.92 Å². The molecular formula is C21H27N3O6S. The van der Waals surface area contributed by atoms with Crippen LogP contribution in [-0.2, 0) is 19.6 Å². The highest BCUT2D eigenvalue weighted by Gasteiger charge is 2.24. The zero-order chi connectivity index (χ0) is 23.0. The Morgan fingerprint density at radius 2 is 1.84 bits per heavy atom. The summed E-state index contributed by atoms with van der Waals surface area (Å²) < 4.78 is 37.3. The van der Waals surface area contributed by atoms with E-state index in [-0.39, 0.29) is 22.0 Å². The highest BCUT2D eigenvalue weighted by atomic mass is 32.2. The van der Waals surface area contributed by atoms with Crippen LogP contribution in [0.5, 0.6) is 5.88 Å². The van der Waals surface area contributed by atoms with Crippen molar-refractivity contribution in [1.29, 1.82) is 0 Å². The summed E-state index contributed by atoms with van der Waals surface area (Å²) in [6, 6.07) is 7.65. The van der Waals surface area contributed by atoms with Gasteiger partial charge in [-0.05, 0) is 43.7 Å². The maximum atomic E-state index is 12.8. The number of amides is 1. The summed E-state index contributed by atoms with van der Waals surface area (Å²) in [6.45, 7) is 7.41. The molecule has 0 saturated heterocycles. The van der Waals surface area contributed by atoms with E-state index in [1.165, 1.54) is 22.6 Å². The normalized spacial score (nSPS) is 11.3. The number of aromatic nitrogens is 1. The van der Waals surface area contributed by atoms with Crippen molar-refractivity contribution < 1.29 is 27.5 Å². The van der Waals surface area contributed by atoms with Gasteiger partial charge in [0.05, 0.1) is 11.5 Å². The SMILES string of the molecule is CCOc1ncccc1C(=O)OCC(=O)Nc1ccc(C)c(S(=O)(=O)N(CC)CC)c1. The van der Waals surface area contributed by atoms with Gasteiger partial charge >= 0.3 is 5.97 Å². The Morgan fingerprint density at radius 1 is 1.13 bits per heavy atom. The van der Waals surface area contributed by atoms with E-state index in [1.54, 1.807) is 45.9 Å². The average molecular weight is 450 g/mol.